The number of ether oxygens (including phenoxy) is 1. The number of hydrogen-bond donors (Lipinski definition) is 2. The monoisotopic (exact) mass is 256 g/mol. The Bertz CT molecular complexity index is 204. The van der Waals surface area contributed by atoms with Gasteiger partial charge in [-0.15, -0.1) is 12.4 Å². The quantitative estimate of drug-likeness (QED) is 0.642. The molecule has 0 radical (unpaired) electrons. The first-order valence-corrected chi connectivity index (χ1v) is 5.60. The van der Waals surface area contributed by atoms with Gasteiger partial charge in [-0.05, 0) is 18.4 Å². The van der Waals surface area contributed by atoms with Gasteiger partial charge in [0, 0.05) is 0 Å². The maximum absolute atomic E-state index is 11.2. The molecule has 5 nitrogen and oxygen atoms in total. The highest BCUT2D eigenvalue weighted by molar-refractivity contribution is 7.98. The smallest absolute Gasteiger partial charge is 0.325 e. The zero-order chi connectivity index (χ0) is 11.0. The first-order valence-electron chi connectivity index (χ1n) is 4.20. The summed E-state index contributed by atoms with van der Waals surface area (Å²) in [6.07, 6.45) is 2.55. The van der Waals surface area contributed by atoms with E-state index in [-0.39, 0.29) is 24.9 Å². The normalized spacial score (nSPS) is 11.1. The fourth-order valence-electron chi connectivity index (χ4n) is 0.738. The SMILES string of the molecule is COC(=O)CNC(=O)[C@H](N)CCSC.Cl. The molecule has 0 aliphatic rings. The molecule has 0 aromatic carbocycles. The second kappa shape index (κ2) is 10.1. The fourth-order valence-corrected chi connectivity index (χ4v) is 1.23. The Kier molecular flexibility index (Phi) is 11.4. The lowest BCUT2D eigenvalue weighted by Gasteiger charge is -2.10. The molecule has 0 rings (SSSR count). The van der Waals surface area contributed by atoms with Crippen molar-refractivity contribution in [3.63, 3.8) is 0 Å². The number of esters is 1. The molecule has 1 atom stereocenters. The largest absolute Gasteiger partial charge is 0.468 e. The van der Waals surface area contributed by atoms with Crippen molar-refractivity contribution in [1.29, 1.82) is 0 Å². The molecule has 90 valence electrons. The summed E-state index contributed by atoms with van der Waals surface area (Å²) in [6.45, 7) is -0.123. The van der Waals surface area contributed by atoms with Crippen LogP contribution in [0.4, 0.5) is 0 Å². The van der Waals surface area contributed by atoms with Gasteiger partial charge >= 0.3 is 5.97 Å². The molecule has 0 aliphatic heterocycles. The molecule has 0 saturated heterocycles. The molecule has 15 heavy (non-hydrogen) atoms. The van der Waals surface area contributed by atoms with Crippen molar-refractivity contribution in [2.45, 2.75) is 12.5 Å². The standard InChI is InChI=1S/C8H16N2O3S.ClH/c1-13-7(11)5-10-8(12)6(9)3-4-14-2;/h6H,3-5,9H2,1-2H3,(H,10,12);1H/t6-;/m1./s1. The Morgan fingerprint density at radius 3 is 2.60 bits per heavy atom. The molecule has 1 amide bonds. The average Bonchev–Trinajstić information content (AvgIpc) is 2.21. The summed E-state index contributed by atoms with van der Waals surface area (Å²) in [4.78, 5) is 21.9. The van der Waals surface area contributed by atoms with Crippen LogP contribution in [0.15, 0.2) is 0 Å². The zero-order valence-electron chi connectivity index (χ0n) is 8.82. The number of amides is 1. The molecule has 7 heteroatoms. The van der Waals surface area contributed by atoms with E-state index in [1.54, 1.807) is 11.8 Å². The van der Waals surface area contributed by atoms with Gasteiger partial charge in [0.25, 0.3) is 0 Å². The zero-order valence-corrected chi connectivity index (χ0v) is 10.5. The number of carbonyl (C=O) groups is 2. The summed E-state index contributed by atoms with van der Waals surface area (Å²) in [7, 11) is 1.27. The summed E-state index contributed by atoms with van der Waals surface area (Å²) < 4.78 is 4.36. The fraction of sp³-hybridized carbons (Fsp3) is 0.750. The van der Waals surface area contributed by atoms with Crippen LogP contribution in [-0.2, 0) is 14.3 Å². The van der Waals surface area contributed by atoms with E-state index >= 15 is 0 Å². The number of carbonyl (C=O) groups excluding carboxylic acids is 2. The number of thioether (sulfide) groups is 1. The second-order valence-corrected chi connectivity index (χ2v) is 3.67. The Morgan fingerprint density at radius 1 is 1.53 bits per heavy atom. The first kappa shape index (κ1) is 17.0. The Hall–Kier alpha value is -0.460. The van der Waals surface area contributed by atoms with Crippen LogP contribution >= 0.6 is 24.2 Å². The van der Waals surface area contributed by atoms with Crippen LogP contribution in [0.1, 0.15) is 6.42 Å². The summed E-state index contributed by atoms with van der Waals surface area (Å²) in [5.74, 6) is 0.0344. The minimum absolute atomic E-state index is 0. The number of nitrogens with two attached hydrogens (primary N) is 1. The third kappa shape index (κ3) is 8.53. The van der Waals surface area contributed by atoms with E-state index in [1.807, 2.05) is 6.26 Å². The van der Waals surface area contributed by atoms with Crippen molar-refractivity contribution < 1.29 is 14.3 Å². The van der Waals surface area contributed by atoms with Gasteiger partial charge < -0.3 is 15.8 Å². The molecular weight excluding hydrogens is 240 g/mol. The number of halogens is 1. The van der Waals surface area contributed by atoms with Gasteiger partial charge in [0.15, 0.2) is 0 Å². The van der Waals surface area contributed by atoms with Gasteiger partial charge in [0.2, 0.25) is 5.91 Å². The van der Waals surface area contributed by atoms with Crippen LogP contribution in [-0.4, -0.2) is 43.6 Å². The molecule has 0 heterocycles. The summed E-state index contributed by atoms with van der Waals surface area (Å²) >= 11 is 1.62. The maximum atomic E-state index is 11.2. The molecule has 0 aromatic rings. The van der Waals surface area contributed by atoms with Crippen molar-refractivity contribution in [2.75, 3.05) is 25.7 Å². The van der Waals surface area contributed by atoms with Gasteiger partial charge in [-0.1, -0.05) is 0 Å². The second-order valence-electron chi connectivity index (χ2n) is 2.68. The maximum Gasteiger partial charge on any atom is 0.325 e. The first-order chi connectivity index (χ1) is 6.61. The van der Waals surface area contributed by atoms with Gasteiger partial charge in [-0.2, -0.15) is 11.8 Å². The molecule has 0 unspecified atom stereocenters. The van der Waals surface area contributed by atoms with E-state index in [9.17, 15) is 9.59 Å². The highest BCUT2D eigenvalue weighted by atomic mass is 35.5. The van der Waals surface area contributed by atoms with E-state index in [4.69, 9.17) is 5.73 Å². The Morgan fingerprint density at radius 2 is 2.13 bits per heavy atom. The predicted octanol–water partition coefficient (Wildman–Crippen LogP) is -0.222. The number of methoxy groups -OCH3 is 1. The molecule has 0 saturated carbocycles. The van der Waals surface area contributed by atoms with Crippen LogP contribution in [0, 0.1) is 0 Å². The van der Waals surface area contributed by atoms with E-state index < -0.39 is 12.0 Å². The van der Waals surface area contributed by atoms with E-state index in [0.717, 1.165) is 5.75 Å². The van der Waals surface area contributed by atoms with Crippen molar-refractivity contribution in [2.24, 2.45) is 5.73 Å². The highest BCUT2D eigenvalue weighted by Gasteiger charge is 2.13. The van der Waals surface area contributed by atoms with Crippen molar-refractivity contribution in [1.82, 2.24) is 5.32 Å². The third-order valence-corrected chi connectivity index (χ3v) is 2.25. The topological polar surface area (TPSA) is 81.4 Å². The molecule has 0 aliphatic carbocycles. The number of hydrogen-bond acceptors (Lipinski definition) is 5. The van der Waals surface area contributed by atoms with Gasteiger partial charge in [0.1, 0.15) is 6.54 Å². The van der Waals surface area contributed by atoms with Crippen molar-refractivity contribution >= 4 is 36.0 Å². The molecule has 0 aromatic heterocycles. The van der Waals surface area contributed by atoms with Crippen LogP contribution < -0.4 is 11.1 Å². The van der Waals surface area contributed by atoms with E-state index in [1.165, 1.54) is 7.11 Å². The van der Waals surface area contributed by atoms with E-state index in [2.05, 4.69) is 10.1 Å². The summed E-state index contributed by atoms with van der Waals surface area (Å²) in [6, 6.07) is -0.549. The van der Waals surface area contributed by atoms with Crippen molar-refractivity contribution in [3.8, 4) is 0 Å². The number of rotatable bonds is 6. The molecule has 0 bridgehead atoms. The summed E-state index contributed by atoms with van der Waals surface area (Å²) in [5, 5.41) is 2.39. The lowest BCUT2D eigenvalue weighted by atomic mass is 10.2. The van der Waals surface area contributed by atoms with Crippen LogP contribution in [0.3, 0.4) is 0 Å². The summed E-state index contributed by atoms with van der Waals surface area (Å²) in [5.41, 5.74) is 5.55. The van der Waals surface area contributed by atoms with Crippen LogP contribution in [0.2, 0.25) is 0 Å². The number of nitrogens with one attached hydrogen (secondary N) is 1. The molecule has 0 fully saturated rings. The van der Waals surface area contributed by atoms with Crippen LogP contribution in [0.25, 0.3) is 0 Å². The van der Waals surface area contributed by atoms with Crippen LogP contribution in [0.5, 0.6) is 0 Å². The predicted molar refractivity (Wildman–Crippen MR) is 63.2 cm³/mol. The minimum atomic E-state index is -0.549. The van der Waals surface area contributed by atoms with Gasteiger partial charge in [-0.25, -0.2) is 0 Å². The van der Waals surface area contributed by atoms with E-state index in [0.29, 0.717) is 6.42 Å². The van der Waals surface area contributed by atoms with Gasteiger partial charge in [0.05, 0.1) is 13.2 Å². The third-order valence-electron chi connectivity index (χ3n) is 1.60. The Labute approximate surface area is 99.9 Å². The highest BCUT2D eigenvalue weighted by Crippen LogP contribution is 1.98. The molecular formula is C8H17ClN2O3S. The lowest BCUT2D eigenvalue weighted by molar-refractivity contribution is -0.141. The molecule has 0 spiro atoms. The van der Waals surface area contributed by atoms with Crippen molar-refractivity contribution in [3.05, 3.63) is 0 Å². The van der Waals surface area contributed by atoms with Gasteiger partial charge in [-0.3, -0.25) is 9.59 Å². The average molecular weight is 257 g/mol. The Balaban J connectivity index is 0. The lowest BCUT2D eigenvalue weighted by Crippen LogP contribution is -2.43. The minimum Gasteiger partial charge on any atom is -0.468 e. The molecule has 3 N–H and O–H groups in total.